The molecule has 1 saturated heterocycles. The third-order valence-corrected chi connectivity index (χ3v) is 2.81. The average molecular weight is 210 g/mol. The molecule has 1 aliphatic rings. The van der Waals surface area contributed by atoms with E-state index in [1.165, 1.54) is 12.6 Å². The van der Waals surface area contributed by atoms with Crippen LogP contribution in [-0.2, 0) is 0 Å². The van der Waals surface area contributed by atoms with Crippen molar-refractivity contribution in [3.05, 3.63) is 17.8 Å². The van der Waals surface area contributed by atoms with E-state index < -0.39 is 5.97 Å². The van der Waals surface area contributed by atoms with Crippen molar-refractivity contribution in [1.82, 2.24) is 9.88 Å². The highest BCUT2D eigenvalue weighted by Crippen LogP contribution is 2.29. The molecular formula is C10H14N2O3. The van der Waals surface area contributed by atoms with Gasteiger partial charge in [-0.25, -0.2) is 9.78 Å². The molecule has 1 fully saturated rings. The van der Waals surface area contributed by atoms with E-state index >= 15 is 0 Å². The minimum Gasteiger partial charge on any atom is -0.474 e. The van der Waals surface area contributed by atoms with Crippen LogP contribution in [0.2, 0.25) is 0 Å². The number of rotatable bonds is 2. The molecule has 0 saturated carbocycles. The maximum Gasteiger partial charge on any atom is 0.392 e. The number of carboxylic acids is 1. The molecule has 82 valence electrons. The predicted molar refractivity (Wildman–Crippen MR) is 52.7 cm³/mol. The van der Waals surface area contributed by atoms with Gasteiger partial charge in [-0.05, 0) is 26.4 Å². The standard InChI is InChI=1S/C10H14N2O3/c1-12-5-3-2-4-7(12)8-6-11-9(15-8)10(13)14/h6-7H,2-5H2,1H3,(H,13,14). The molecule has 1 atom stereocenters. The van der Waals surface area contributed by atoms with Crippen molar-refractivity contribution in [2.75, 3.05) is 13.6 Å². The Labute approximate surface area is 87.7 Å². The summed E-state index contributed by atoms with van der Waals surface area (Å²) in [5.41, 5.74) is 0. The maximum atomic E-state index is 10.6. The molecule has 2 rings (SSSR count). The summed E-state index contributed by atoms with van der Waals surface area (Å²) in [4.78, 5) is 16.5. The van der Waals surface area contributed by atoms with Gasteiger partial charge in [0.1, 0.15) is 5.76 Å². The number of carbonyl (C=O) groups is 1. The summed E-state index contributed by atoms with van der Waals surface area (Å²) in [6, 6.07) is 0.180. The largest absolute Gasteiger partial charge is 0.474 e. The van der Waals surface area contributed by atoms with E-state index in [-0.39, 0.29) is 11.9 Å². The third-order valence-electron chi connectivity index (χ3n) is 2.81. The second kappa shape index (κ2) is 4.02. The Bertz CT molecular complexity index is 361. The van der Waals surface area contributed by atoms with Gasteiger partial charge in [-0.1, -0.05) is 6.42 Å². The van der Waals surface area contributed by atoms with E-state index in [9.17, 15) is 4.79 Å². The van der Waals surface area contributed by atoms with Gasteiger partial charge in [-0.15, -0.1) is 0 Å². The molecule has 0 amide bonds. The Balaban J connectivity index is 2.17. The maximum absolute atomic E-state index is 10.6. The van der Waals surface area contributed by atoms with Crippen LogP contribution in [0.1, 0.15) is 41.7 Å². The van der Waals surface area contributed by atoms with Crippen LogP contribution in [0.4, 0.5) is 0 Å². The molecule has 0 spiro atoms. The second-order valence-electron chi connectivity index (χ2n) is 3.87. The van der Waals surface area contributed by atoms with Crippen molar-refractivity contribution < 1.29 is 14.3 Å². The van der Waals surface area contributed by atoms with Crippen LogP contribution in [-0.4, -0.2) is 34.6 Å². The Morgan fingerprint density at radius 1 is 1.67 bits per heavy atom. The first-order valence-electron chi connectivity index (χ1n) is 5.08. The number of aromatic nitrogens is 1. The lowest BCUT2D eigenvalue weighted by Gasteiger charge is -2.30. The summed E-state index contributed by atoms with van der Waals surface area (Å²) in [5, 5.41) is 8.69. The number of likely N-dealkylation sites (tertiary alicyclic amines) is 1. The summed E-state index contributed by atoms with van der Waals surface area (Å²) in [7, 11) is 2.02. The highest BCUT2D eigenvalue weighted by atomic mass is 16.4. The first kappa shape index (κ1) is 10.2. The van der Waals surface area contributed by atoms with Gasteiger partial charge in [0.2, 0.25) is 0 Å². The van der Waals surface area contributed by atoms with E-state index in [0.717, 1.165) is 19.4 Å². The molecule has 1 aliphatic heterocycles. The smallest absolute Gasteiger partial charge is 0.392 e. The molecule has 2 heterocycles. The van der Waals surface area contributed by atoms with Crippen LogP contribution in [0.3, 0.4) is 0 Å². The number of hydrogen-bond acceptors (Lipinski definition) is 4. The van der Waals surface area contributed by atoms with Gasteiger partial charge < -0.3 is 9.52 Å². The zero-order valence-corrected chi connectivity index (χ0v) is 8.64. The number of nitrogens with zero attached hydrogens (tertiary/aromatic N) is 2. The predicted octanol–water partition coefficient (Wildman–Crippen LogP) is 1.53. The fraction of sp³-hybridized carbons (Fsp3) is 0.600. The highest BCUT2D eigenvalue weighted by molar-refractivity contribution is 5.81. The number of oxazole rings is 1. The minimum atomic E-state index is -1.11. The lowest BCUT2D eigenvalue weighted by molar-refractivity contribution is 0.0645. The first-order valence-corrected chi connectivity index (χ1v) is 5.08. The van der Waals surface area contributed by atoms with Crippen LogP contribution in [0, 0.1) is 0 Å². The number of hydrogen-bond donors (Lipinski definition) is 1. The molecule has 0 bridgehead atoms. The number of carboxylic acid groups (broad SMARTS) is 1. The summed E-state index contributed by atoms with van der Waals surface area (Å²) >= 11 is 0. The van der Waals surface area contributed by atoms with Crippen molar-refractivity contribution in [3.63, 3.8) is 0 Å². The molecule has 15 heavy (non-hydrogen) atoms. The van der Waals surface area contributed by atoms with Crippen LogP contribution < -0.4 is 0 Å². The monoisotopic (exact) mass is 210 g/mol. The fourth-order valence-corrected chi connectivity index (χ4v) is 1.97. The molecule has 0 aliphatic carbocycles. The van der Waals surface area contributed by atoms with E-state index in [1.807, 2.05) is 7.05 Å². The highest BCUT2D eigenvalue weighted by Gasteiger charge is 2.25. The lowest BCUT2D eigenvalue weighted by atomic mass is 10.0. The van der Waals surface area contributed by atoms with Gasteiger partial charge in [0, 0.05) is 0 Å². The van der Waals surface area contributed by atoms with Crippen LogP contribution in [0.15, 0.2) is 10.6 Å². The summed E-state index contributed by atoms with van der Waals surface area (Å²) in [6.07, 6.45) is 4.87. The second-order valence-corrected chi connectivity index (χ2v) is 3.87. The molecule has 5 heteroatoms. The zero-order valence-electron chi connectivity index (χ0n) is 8.64. The van der Waals surface area contributed by atoms with Gasteiger partial charge in [0.15, 0.2) is 0 Å². The van der Waals surface area contributed by atoms with Gasteiger partial charge >= 0.3 is 11.9 Å². The van der Waals surface area contributed by atoms with Crippen molar-refractivity contribution in [1.29, 1.82) is 0 Å². The van der Waals surface area contributed by atoms with Gasteiger partial charge in [0.25, 0.3) is 0 Å². The molecule has 5 nitrogen and oxygen atoms in total. The van der Waals surface area contributed by atoms with E-state index in [2.05, 4.69) is 9.88 Å². The number of aromatic carboxylic acids is 1. The van der Waals surface area contributed by atoms with E-state index in [4.69, 9.17) is 9.52 Å². The van der Waals surface area contributed by atoms with Gasteiger partial charge in [-0.3, -0.25) is 4.90 Å². The normalized spacial score (nSPS) is 22.9. The minimum absolute atomic E-state index is 0.180. The zero-order chi connectivity index (χ0) is 10.8. The Morgan fingerprint density at radius 2 is 2.47 bits per heavy atom. The van der Waals surface area contributed by atoms with Crippen molar-refractivity contribution in [3.8, 4) is 0 Å². The molecular weight excluding hydrogens is 196 g/mol. The SMILES string of the molecule is CN1CCCCC1c1cnc(C(=O)O)o1. The lowest BCUT2D eigenvalue weighted by Crippen LogP contribution is -2.29. The van der Waals surface area contributed by atoms with Crippen LogP contribution >= 0.6 is 0 Å². The molecule has 1 aromatic heterocycles. The van der Waals surface area contributed by atoms with E-state index in [1.54, 1.807) is 0 Å². The molecule has 1 unspecified atom stereocenters. The van der Waals surface area contributed by atoms with E-state index in [0.29, 0.717) is 5.76 Å². The fourth-order valence-electron chi connectivity index (χ4n) is 1.97. The third kappa shape index (κ3) is 2.02. The van der Waals surface area contributed by atoms with Crippen LogP contribution in [0.5, 0.6) is 0 Å². The summed E-state index contributed by atoms with van der Waals surface area (Å²) in [5.74, 6) is -0.668. The Morgan fingerprint density at radius 3 is 3.07 bits per heavy atom. The quantitative estimate of drug-likeness (QED) is 0.801. The van der Waals surface area contributed by atoms with Gasteiger partial charge in [-0.2, -0.15) is 0 Å². The molecule has 0 aromatic carbocycles. The molecule has 0 radical (unpaired) electrons. The Kier molecular flexibility index (Phi) is 2.73. The summed E-state index contributed by atoms with van der Waals surface area (Å²) < 4.78 is 5.20. The molecule has 1 aromatic rings. The first-order chi connectivity index (χ1) is 7.18. The van der Waals surface area contributed by atoms with Crippen molar-refractivity contribution in [2.24, 2.45) is 0 Å². The molecule has 1 N–H and O–H groups in total. The van der Waals surface area contributed by atoms with Gasteiger partial charge in [0.05, 0.1) is 12.2 Å². The Hall–Kier alpha value is -1.36. The average Bonchev–Trinajstić information content (AvgIpc) is 2.67. The topological polar surface area (TPSA) is 66.6 Å². The van der Waals surface area contributed by atoms with Crippen molar-refractivity contribution in [2.45, 2.75) is 25.3 Å². The number of piperidine rings is 1. The van der Waals surface area contributed by atoms with Crippen molar-refractivity contribution >= 4 is 5.97 Å². The van der Waals surface area contributed by atoms with Crippen LogP contribution in [0.25, 0.3) is 0 Å². The summed E-state index contributed by atoms with van der Waals surface area (Å²) in [6.45, 7) is 1.02.